The third-order valence-corrected chi connectivity index (χ3v) is 5.92. The van der Waals surface area contributed by atoms with Crippen molar-refractivity contribution >= 4 is 15.9 Å². The van der Waals surface area contributed by atoms with Crippen molar-refractivity contribution in [3.63, 3.8) is 0 Å². The molecule has 23 heavy (non-hydrogen) atoms. The maximum Gasteiger partial charge on any atom is 0.287 e. The summed E-state index contributed by atoms with van der Waals surface area (Å²) in [4.78, 5) is 12.2. The third kappa shape index (κ3) is 4.57. The quantitative estimate of drug-likeness (QED) is 0.805. The molecule has 0 bridgehead atoms. The number of hydrogen-bond donors (Lipinski definition) is 2. The molecule has 1 heterocycles. The van der Waals surface area contributed by atoms with Crippen molar-refractivity contribution in [1.29, 1.82) is 0 Å². The largest absolute Gasteiger partial charge is 0.438 e. The Kier molecular flexibility index (Phi) is 5.86. The lowest BCUT2D eigenvalue weighted by molar-refractivity contribution is 0.0899. The zero-order valence-corrected chi connectivity index (χ0v) is 14.8. The molecule has 0 unspecified atom stereocenters. The van der Waals surface area contributed by atoms with Crippen LogP contribution in [0.3, 0.4) is 0 Å². The maximum absolute atomic E-state index is 12.2. The van der Waals surface area contributed by atoms with E-state index >= 15 is 0 Å². The normalized spacial score (nSPS) is 22.8. The van der Waals surface area contributed by atoms with Gasteiger partial charge in [0.2, 0.25) is 5.09 Å². The van der Waals surface area contributed by atoms with Gasteiger partial charge in [0, 0.05) is 6.04 Å². The second-order valence-corrected chi connectivity index (χ2v) is 8.33. The fourth-order valence-electron chi connectivity index (χ4n) is 3.09. The van der Waals surface area contributed by atoms with Crippen molar-refractivity contribution in [3.05, 3.63) is 17.9 Å². The standard InChI is InChI=1S/C16H26N2O4S/c1-11(2)12-5-4-6-13(8-7-12)18-16(19)14-9-10-15(22-14)23(20,21)17-3/h9-13,17H,4-8H2,1-3H3,(H,18,19)/t12-,13-/m0/s1. The predicted octanol–water partition coefficient (Wildman–Crippen LogP) is 2.52. The number of hydrogen-bond acceptors (Lipinski definition) is 4. The van der Waals surface area contributed by atoms with Crippen LogP contribution in [-0.4, -0.2) is 27.4 Å². The first-order valence-electron chi connectivity index (χ1n) is 8.17. The molecule has 130 valence electrons. The van der Waals surface area contributed by atoms with Crippen molar-refractivity contribution in [2.24, 2.45) is 11.8 Å². The Morgan fingerprint density at radius 2 is 1.96 bits per heavy atom. The van der Waals surface area contributed by atoms with E-state index in [1.54, 1.807) is 0 Å². The molecular formula is C16H26N2O4S. The van der Waals surface area contributed by atoms with Crippen LogP contribution in [0.25, 0.3) is 0 Å². The fraction of sp³-hybridized carbons (Fsp3) is 0.688. The average Bonchev–Trinajstić information content (AvgIpc) is 2.90. The maximum atomic E-state index is 12.2. The number of rotatable bonds is 5. The zero-order valence-electron chi connectivity index (χ0n) is 14.0. The molecule has 2 rings (SSSR count). The lowest BCUT2D eigenvalue weighted by Gasteiger charge is -2.18. The molecule has 0 radical (unpaired) electrons. The minimum Gasteiger partial charge on any atom is -0.438 e. The average molecular weight is 342 g/mol. The summed E-state index contributed by atoms with van der Waals surface area (Å²) in [7, 11) is -2.36. The Bertz CT molecular complexity index is 636. The smallest absolute Gasteiger partial charge is 0.287 e. The summed E-state index contributed by atoms with van der Waals surface area (Å²) in [5.41, 5.74) is 0. The van der Waals surface area contributed by atoms with Crippen LogP contribution in [0.5, 0.6) is 0 Å². The lowest BCUT2D eigenvalue weighted by atomic mass is 9.89. The van der Waals surface area contributed by atoms with Crippen molar-refractivity contribution in [2.75, 3.05) is 7.05 Å². The summed E-state index contributed by atoms with van der Waals surface area (Å²) in [5.74, 6) is 1.07. The van der Waals surface area contributed by atoms with Gasteiger partial charge >= 0.3 is 0 Å². The van der Waals surface area contributed by atoms with Crippen molar-refractivity contribution in [1.82, 2.24) is 10.0 Å². The Labute approximate surface area is 138 Å². The van der Waals surface area contributed by atoms with E-state index in [9.17, 15) is 13.2 Å². The first-order valence-corrected chi connectivity index (χ1v) is 9.66. The molecule has 1 aromatic heterocycles. The number of nitrogens with one attached hydrogen (secondary N) is 2. The summed E-state index contributed by atoms with van der Waals surface area (Å²) in [5, 5.41) is 2.72. The molecule has 1 aliphatic rings. The van der Waals surface area contributed by atoms with Gasteiger partial charge in [-0.25, -0.2) is 13.1 Å². The molecular weight excluding hydrogens is 316 g/mol. The molecule has 2 N–H and O–H groups in total. The molecule has 1 amide bonds. The molecule has 1 saturated carbocycles. The predicted molar refractivity (Wildman–Crippen MR) is 87.6 cm³/mol. The highest BCUT2D eigenvalue weighted by Crippen LogP contribution is 2.29. The minimum absolute atomic E-state index is 0.0310. The van der Waals surface area contributed by atoms with Gasteiger partial charge in [-0.3, -0.25) is 4.79 Å². The van der Waals surface area contributed by atoms with E-state index in [1.165, 1.54) is 25.6 Å². The van der Waals surface area contributed by atoms with Crippen LogP contribution in [0.4, 0.5) is 0 Å². The van der Waals surface area contributed by atoms with Gasteiger partial charge in [0.1, 0.15) is 0 Å². The Morgan fingerprint density at radius 1 is 1.22 bits per heavy atom. The number of sulfonamides is 1. The summed E-state index contributed by atoms with van der Waals surface area (Å²) in [6.45, 7) is 4.49. The van der Waals surface area contributed by atoms with E-state index in [1.807, 2.05) is 0 Å². The van der Waals surface area contributed by atoms with E-state index in [2.05, 4.69) is 23.9 Å². The summed E-state index contributed by atoms with van der Waals surface area (Å²) in [6, 6.07) is 2.82. The van der Waals surface area contributed by atoms with Crippen molar-refractivity contribution < 1.29 is 17.6 Å². The van der Waals surface area contributed by atoms with Crippen LogP contribution >= 0.6 is 0 Å². The SMILES string of the molecule is CNS(=O)(=O)c1ccc(C(=O)N[C@H]2CCC[C@H](C(C)C)CC2)o1. The molecule has 7 heteroatoms. The van der Waals surface area contributed by atoms with E-state index in [0.29, 0.717) is 11.8 Å². The fourth-order valence-corrected chi connectivity index (χ4v) is 3.73. The molecule has 1 fully saturated rings. The number of carbonyl (C=O) groups is 1. The van der Waals surface area contributed by atoms with E-state index in [0.717, 1.165) is 25.7 Å². The number of furan rings is 1. The van der Waals surface area contributed by atoms with Crippen LogP contribution in [0.2, 0.25) is 0 Å². The van der Waals surface area contributed by atoms with Crippen molar-refractivity contribution in [3.8, 4) is 0 Å². The highest BCUT2D eigenvalue weighted by atomic mass is 32.2. The van der Waals surface area contributed by atoms with Crippen LogP contribution in [-0.2, 0) is 10.0 Å². The molecule has 1 aliphatic carbocycles. The van der Waals surface area contributed by atoms with E-state index in [4.69, 9.17) is 4.42 Å². The summed E-state index contributed by atoms with van der Waals surface area (Å²) < 4.78 is 30.6. The first-order chi connectivity index (χ1) is 10.8. The Morgan fingerprint density at radius 3 is 2.61 bits per heavy atom. The molecule has 0 aromatic carbocycles. The Hall–Kier alpha value is -1.34. The van der Waals surface area contributed by atoms with Gasteiger partial charge < -0.3 is 9.73 Å². The minimum atomic E-state index is -3.66. The molecule has 6 nitrogen and oxygen atoms in total. The van der Waals surface area contributed by atoms with E-state index < -0.39 is 10.0 Å². The van der Waals surface area contributed by atoms with Crippen LogP contribution < -0.4 is 10.0 Å². The van der Waals surface area contributed by atoms with Gasteiger partial charge in [-0.2, -0.15) is 0 Å². The first kappa shape index (κ1) is 18.0. The zero-order chi connectivity index (χ0) is 17.0. The molecule has 1 aromatic rings. The Balaban J connectivity index is 1.97. The van der Waals surface area contributed by atoms with E-state index in [-0.39, 0.29) is 22.8 Å². The van der Waals surface area contributed by atoms with Gasteiger partial charge in [0.25, 0.3) is 15.9 Å². The topological polar surface area (TPSA) is 88.4 Å². The van der Waals surface area contributed by atoms with Crippen molar-refractivity contribution in [2.45, 2.75) is 57.1 Å². The summed E-state index contributed by atoms with van der Waals surface area (Å²) in [6.07, 6.45) is 5.33. The highest BCUT2D eigenvalue weighted by Gasteiger charge is 2.24. The van der Waals surface area contributed by atoms with Gasteiger partial charge in [-0.1, -0.05) is 26.7 Å². The van der Waals surface area contributed by atoms with Gasteiger partial charge in [0.15, 0.2) is 5.76 Å². The second-order valence-electron chi connectivity index (χ2n) is 6.51. The molecule has 0 saturated heterocycles. The molecule has 2 atom stereocenters. The number of amides is 1. The van der Waals surface area contributed by atoms with Gasteiger partial charge in [0.05, 0.1) is 0 Å². The van der Waals surface area contributed by atoms with Crippen LogP contribution in [0.1, 0.15) is 56.5 Å². The molecule has 0 aliphatic heterocycles. The number of carbonyl (C=O) groups excluding carboxylic acids is 1. The highest BCUT2D eigenvalue weighted by molar-refractivity contribution is 7.89. The molecule has 0 spiro atoms. The van der Waals surface area contributed by atoms with Crippen LogP contribution in [0, 0.1) is 11.8 Å². The van der Waals surface area contributed by atoms with Gasteiger partial charge in [-0.15, -0.1) is 0 Å². The van der Waals surface area contributed by atoms with Gasteiger partial charge in [-0.05, 0) is 50.3 Å². The second kappa shape index (κ2) is 7.49. The lowest BCUT2D eigenvalue weighted by Crippen LogP contribution is -2.34. The third-order valence-electron chi connectivity index (χ3n) is 4.63. The monoisotopic (exact) mass is 342 g/mol. The van der Waals surface area contributed by atoms with Crippen LogP contribution in [0.15, 0.2) is 21.6 Å². The summed E-state index contributed by atoms with van der Waals surface area (Å²) >= 11 is 0.